The molecular weight excluding hydrogens is 431 g/mol. The van der Waals surface area contributed by atoms with Crippen LogP contribution in [0.2, 0.25) is 0 Å². The van der Waals surface area contributed by atoms with Gasteiger partial charge in [0.05, 0.1) is 12.7 Å². The second-order valence-electron chi connectivity index (χ2n) is 4.95. The Morgan fingerprint density at radius 3 is 2.54 bits per heavy atom. The van der Waals surface area contributed by atoms with Gasteiger partial charge in [0.15, 0.2) is 11.6 Å². The van der Waals surface area contributed by atoms with Crippen molar-refractivity contribution in [2.75, 3.05) is 7.11 Å². The summed E-state index contributed by atoms with van der Waals surface area (Å²) in [5, 5.41) is 2.40. The molecule has 0 fully saturated rings. The molecule has 0 aromatic heterocycles. The van der Waals surface area contributed by atoms with Crippen LogP contribution in [0.5, 0.6) is 0 Å². The number of hydrogen-bond acceptors (Lipinski definition) is 3. The summed E-state index contributed by atoms with van der Waals surface area (Å²) >= 11 is 2.11. The number of hydrogen-bond donors (Lipinski definition) is 1. The standard InChI is InChI=1S/C17H14F2INO3/c1-24-17(23)14(9-10-5-2-3-8-13(10)20)21-16(22)11-6-4-7-12(18)15(11)19/h2-8,14H,9H2,1H3,(H,21,22)/t14-/m1/s1. The third-order valence-corrected chi connectivity index (χ3v) is 4.42. The van der Waals surface area contributed by atoms with Gasteiger partial charge in [0.2, 0.25) is 0 Å². The van der Waals surface area contributed by atoms with Gasteiger partial charge in [-0.2, -0.15) is 0 Å². The Labute approximate surface area is 151 Å². The third-order valence-electron chi connectivity index (χ3n) is 3.37. The van der Waals surface area contributed by atoms with Gasteiger partial charge in [-0.15, -0.1) is 0 Å². The van der Waals surface area contributed by atoms with Crippen LogP contribution >= 0.6 is 22.6 Å². The van der Waals surface area contributed by atoms with E-state index in [1.54, 1.807) is 6.07 Å². The SMILES string of the molecule is COC(=O)[C@@H](Cc1ccccc1I)NC(=O)c1cccc(F)c1F. The lowest BCUT2D eigenvalue weighted by Gasteiger charge is -2.17. The van der Waals surface area contributed by atoms with Crippen molar-refractivity contribution >= 4 is 34.5 Å². The van der Waals surface area contributed by atoms with Crippen molar-refractivity contribution in [3.05, 3.63) is 68.8 Å². The van der Waals surface area contributed by atoms with E-state index in [1.807, 2.05) is 18.2 Å². The summed E-state index contributed by atoms with van der Waals surface area (Å²) in [6.07, 6.45) is 0.175. The predicted octanol–water partition coefficient (Wildman–Crippen LogP) is 3.08. The summed E-state index contributed by atoms with van der Waals surface area (Å²) in [4.78, 5) is 24.1. The largest absolute Gasteiger partial charge is 0.467 e. The minimum Gasteiger partial charge on any atom is -0.467 e. The van der Waals surface area contributed by atoms with Crippen LogP contribution in [0.25, 0.3) is 0 Å². The van der Waals surface area contributed by atoms with E-state index in [9.17, 15) is 18.4 Å². The molecule has 0 aliphatic rings. The molecule has 4 nitrogen and oxygen atoms in total. The first-order valence-electron chi connectivity index (χ1n) is 7.00. The summed E-state index contributed by atoms with van der Waals surface area (Å²) < 4.78 is 32.6. The van der Waals surface area contributed by atoms with Crippen molar-refractivity contribution in [2.24, 2.45) is 0 Å². The van der Waals surface area contributed by atoms with Gasteiger partial charge in [-0.3, -0.25) is 4.79 Å². The molecule has 1 amide bonds. The number of ether oxygens (including phenoxy) is 1. The summed E-state index contributed by atoms with van der Waals surface area (Å²) in [5.41, 5.74) is 0.361. The number of halogens is 3. The van der Waals surface area contributed by atoms with Crippen LogP contribution in [0, 0.1) is 15.2 Å². The van der Waals surface area contributed by atoms with Crippen LogP contribution in [0.3, 0.4) is 0 Å². The highest BCUT2D eigenvalue weighted by Gasteiger charge is 2.25. The molecule has 1 N–H and O–H groups in total. The van der Waals surface area contributed by atoms with E-state index in [0.717, 1.165) is 21.3 Å². The normalized spacial score (nSPS) is 11.7. The number of rotatable bonds is 5. The van der Waals surface area contributed by atoms with Gasteiger partial charge < -0.3 is 10.1 Å². The van der Waals surface area contributed by atoms with Gasteiger partial charge in [0.25, 0.3) is 5.91 Å². The number of carbonyl (C=O) groups is 2. The highest BCUT2D eigenvalue weighted by Crippen LogP contribution is 2.15. The van der Waals surface area contributed by atoms with Crippen LogP contribution in [-0.2, 0) is 16.0 Å². The number of carbonyl (C=O) groups excluding carboxylic acids is 2. The van der Waals surface area contributed by atoms with Gasteiger partial charge >= 0.3 is 5.97 Å². The number of esters is 1. The molecule has 7 heteroatoms. The number of amides is 1. The Bertz CT molecular complexity index is 767. The first-order chi connectivity index (χ1) is 11.4. The predicted molar refractivity (Wildman–Crippen MR) is 92.5 cm³/mol. The topological polar surface area (TPSA) is 55.4 Å². The monoisotopic (exact) mass is 445 g/mol. The minimum absolute atomic E-state index is 0.175. The Morgan fingerprint density at radius 2 is 1.88 bits per heavy atom. The lowest BCUT2D eigenvalue weighted by molar-refractivity contribution is -0.142. The van der Waals surface area contributed by atoms with Gasteiger partial charge in [0, 0.05) is 9.99 Å². The minimum atomic E-state index is -1.26. The Hall–Kier alpha value is -2.03. The average molecular weight is 445 g/mol. The molecule has 0 aliphatic carbocycles. The Balaban J connectivity index is 2.23. The molecule has 0 saturated carbocycles. The molecule has 0 unspecified atom stereocenters. The van der Waals surface area contributed by atoms with Crippen LogP contribution in [0.4, 0.5) is 8.78 Å². The molecular formula is C17H14F2INO3. The Morgan fingerprint density at radius 1 is 1.17 bits per heavy atom. The average Bonchev–Trinajstić information content (AvgIpc) is 2.57. The Kier molecular flexibility index (Phi) is 6.24. The van der Waals surface area contributed by atoms with E-state index < -0.39 is 35.1 Å². The van der Waals surface area contributed by atoms with E-state index in [4.69, 9.17) is 4.74 Å². The molecule has 2 aromatic rings. The summed E-state index contributed by atoms with van der Waals surface area (Å²) in [5.74, 6) is -3.93. The molecule has 0 spiro atoms. The molecule has 126 valence electrons. The highest BCUT2D eigenvalue weighted by molar-refractivity contribution is 14.1. The lowest BCUT2D eigenvalue weighted by Crippen LogP contribution is -2.43. The molecule has 0 bridgehead atoms. The number of nitrogens with one attached hydrogen (secondary N) is 1. The zero-order valence-corrected chi connectivity index (χ0v) is 14.8. The summed E-state index contributed by atoms with van der Waals surface area (Å²) in [6, 6.07) is 9.59. The van der Waals surface area contributed by atoms with Crippen molar-refractivity contribution in [1.82, 2.24) is 5.32 Å². The number of benzene rings is 2. The number of methoxy groups -OCH3 is 1. The highest BCUT2D eigenvalue weighted by atomic mass is 127. The fourth-order valence-corrected chi connectivity index (χ4v) is 2.74. The van der Waals surface area contributed by atoms with Crippen molar-refractivity contribution < 1.29 is 23.1 Å². The molecule has 0 heterocycles. The zero-order valence-electron chi connectivity index (χ0n) is 12.7. The molecule has 1 atom stereocenters. The van der Waals surface area contributed by atoms with Gasteiger partial charge in [-0.25, -0.2) is 13.6 Å². The first-order valence-corrected chi connectivity index (χ1v) is 8.08. The fraction of sp³-hybridized carbons (Fsp3) is 0.176. The second-order valence-corrected chi connectivity index (χ2v) is 6.11. The van der Waals surface area contributed by atoms with Crippen LogP contribution < -0.4 is 5.32 Å². The lowest BCUT2D eigenvalue weighted by atomic mass is 10.1. The maximum absolute atomic E-state index is 13.7. The molecule has 0 aliphatic heterocycles. The van der Waals surface area contributed by atoms with Crippen molar-refractivity contribution in [3.8, 4) is 0 Å². The summed E-state index contributed by atoms with van der Waals surface area (Å²) in [6.45, 7) is 0. The third kappa shape index (κ3) is 4.28. The smallest absolute Gasteiger partial charge is 0.328 e. The van der Waals surface area contributed by atoms with Gasteiger partial charge in [0.1, 0.15) is 6.04 Å². The second kappa shape index (κ2) is 8.18. The first kappa shape index (κ1) is 18.3. The van der Waals surface area contributed by atoms with E-state index in [1.165, 1.54) is 13.2 Å². The molecule has 0 saturated heterocycles. The van der Waals surface area contributed by atoms with E-state index in [2.05, 4.69) is 27.9 Å². The maximum Gasteiger partial charge on any atom is 0.328 e. The van der Waals surface area contributed by atoms with E-state index >= 15 is 0 Å². The van der Waals surface area contributed by atoms with Crippen LogP contribution in [0.1, 0.15) is 15.9 Å². The molecule has 24 heavy (non-hydrogen) atoms. The van der Waals surface area contributed by atoms with Crippen molar-refractivity contribution in [3.63, 3.8) is 0 Å². The quantitative estimate of drug-likeness (QED) is 0.569. The van der Waals surface area contributed by atoms with Gasteiger partial charge in [-0.05, 0) is 46.4 Å². The van der Waals surface area contributed by atoms with Crippen LogP contribution in [-0.4, -0.2) is 25.0 Å². The fourth-order valence-electron chi connectivity index (χ4n) is 2.13. The molecule has 0 radical (unpaired) electrons. The van der Waals surface area contributed by atoms with E-state index in [0.29, 0.717) is 0 Å². The zero-order chi connectivity index (χ0) is 17.7. The maximum atomic E-state index is 13.7. The molecule has 2 aromatic carbocycles. The summed E-state index contributed by atoms with van der Waals surface area (Å²) in [7, 11) is 1.19. The van der Waals surface area contributed by atoms with Crippen molar-refractivity contribution in [1.29, 1.82) is 0 Å². The van der Waals surface area contributed by atoms with E-state index in [-0.39, 0.29) is 6.42 Å². The van der Waals surface area contributed by atoms with Crippen LogP contribution in [0.15, 0.2) is 42.5 Å². The van der Waals surface area contributed by atoms with Gasteiger partial charge in [-0.1, -0.05) is 24.3 Å². The molecule has 2 rings (SSSR count). The van der Waals surface area contributed by atoms with Crippen molar-refractivity contribution in [2.45, 2.75) is 12.5 Å².